The number of amides is 1. The Morgan fingerprint density at radius 1 is 1.25 bits per heavy atom. The van der Waals surface area contributed by atoms with E-state index in [1.165, 1.54) is 6.07 Å². The number of carbonyl (C=O) groups is 1. The predicted octanol–water partition coefficient (Wildman–Crippen LogP) is 4.62. The van der Waals surface area contributed by atoms with Crippen molar-refractivity contribution in [2.45, 2.75) is 19.3 Å². The second-order valence-corrected chi connectivity index (χ2v) is 7.40. The first-order valence-electron chi connectivity index (χ1n) is 9.22. The van der Waals surface area contributed by atoms with Crippen LogP contribution in [0.3, 0.4) is 0 Å². The molecular weight excluding hydrogens is 381 g/mol. The summed E-state index contributed by atoms with van der Waals surface area (Å²) in [5.74, 6) is 0.512. The number of benzene rings is 2. The summed E-state index contributed by atoms with van der Waals surface area (Å²) in [4.78, 5) is 18.9. The van der Waals surface area contributed by atoms with E-state index in [9.17, 15) is 9.18 Å². The molecule has 5 nitrogen and oxygen atoms in total. The Morgan fingerprint density at radius 2 is 2.11 bits per heavy atom. The summed E-state index contributed by atoms with van der Waals surface area (Å²) in [5, 5.41) is 4.45. The van der Waals surface area contributed by atoms with E-state index in [1.54, 1.807) is 42.5 Å². The molecular formula is C21H19ClFN3O2. The number of piperidine rings is 1. The molecule has 4 rings (SSSR count). The minimum absolute atomic E-state index is 0.0234. The van der Waals surface area contributed by atoms with E-state index in [0.29, 0.717) is 41.6 Å². The minimum atomic E-state index is -0.384. The number of halogens is 2. The molecule has 1 amide bonds. The first kappa shape index (κ1) is 18.6. The molecule has 144 valence electrons. The van der Waals surface area contributed by atoms with Crippen LogP contribution in [0.25, 0.3) is 11.4 Å². The van der Waals surface area contributed by atoms with Crippen molar-refractivity contribution in [3.05, 3.63) is 70.8 Å². The molecule has 0 radical (unpaired) electrons. The maximum absolute atomic E-state index is 13.9. The summed E-state index contributed by atoms with van der Waals surface area (Å²) in [6.45, 7) is 1.33. The Hall–Kier alpha value is -2.73. The topological polar surface area (TPSA) is 59.2 Å². The number of nitrogens with zero attached hydrogens (tertiary/aromatic N) is 3. The van der Waals surface area contributed by atoms with Crippen LogP contribution in [0.5, 0.6) is 0 Å². The Kier molecular flexibility index (Phi) is 5.39. The molecule has 1 aliphatic rings. The standard InChI is InChI=1S/C21H19ClFN3O2/c22-16-7-3-6-15(12-16)21(27)26-10-4-5-14(13-26)11-19-24-20(25-28-19)17-8-1-2-9-18(17)23/h1-3,6-9,12,14H,4-5,10-11,13H2. The third kappa shape index (κ3) is 4.07. The Bertz CT molecular complexity index is 991. The van der Waals surface area contributed by atoms with Crippen LogP contribution in [0.1, 0.15) is 29.1 Å². The second kappa shape index (κ2) is 8.10. The van der Waals surface area contributed by atoms with E-state index < -0.39 is 0 Å². The number of hydrogen-bond acceptors (Lipinski definition) is 4. The fourth-order valence-corrected chi connectivity index (χ4v) is 3.75. The fourth-order valence-electron chi connectivity index (χ4n) is 3.56. The number of hydrogen-bond donors (Lipinski definition) is 0. The van der Waals surface area contributed by atoms with Crippen molar-refractivity contribution in [1.82, 2.24) is 15.0 Å². The highest BCUT2D eigenvalue weighted by Gasteiger charge is 2.26. The lowest BCUT2D eigenvalue weighted by molar-refractivity contribution is 0.0668. The highest BCUT2D eigenvalue weighted by molar-refractivity contribution is 6.30. The summed E-state index contributed by atoms with van der Waals surface area (Å²) >= 11 is 6.00. The van der Waals surface area contributed by atoms with Crippen molar-refractivity contribution < 1.29 is 13.7 Å². The van der Waals surface area contributed by atoms with Gasteiger partial charge in [-0.2, -0.15) is 4.98 Å². The molecule has 0 saturated carbocycles. The van der Waals surface area contributed by atoms with Gasteiger partial charge < -0.3 is 9.42 Å². The number of carbonyl (C=O) groups excluding carboxylic acids is 1. The zero-order valence-corrected chi connectivity index (χ0v) is 15.9. The van der Waals surface area contributed by atoms with Gasteiger partial charge in [-0.3, -0.25) is 4.79 Å². The maximum Gasteiger partial charge on any atom is 0.253 e. The Morgan fingerprint density at radius 3 is 2.93 bits per heavy atom. The molecule has 2 aromatic carbocycles. The molecule has 0 N–H and O–H groups in total. The van der Waals surface area contributed by atoms with Crippen molar-refractivity contribution in [2.75, 3.05) is 13.1 Å². The third-order valence-electron chi connectivity index (χ3n) is 4.92. The summed E-state index contributed by atoms with van der Waals surface area (Å²) < 4.78 is 19.2. The lowest BCUT2D eigenvalue weighted by Gasteiger charge is -2.32. The second-order valence-electron chi connectivity index (χ2n) is 6.97. The molecule has 1 atom stereocenters. The Labute approximate surface area is 167 Å². The third-order valence-corrected chi connectivity index (χ3v) is 5.16. The molecule has 1 saturated heterocycles. The summed E-state index contributed by atoms with van der Waals surface area (Å²) in [7, 11) is 0. The van der Waals surface area contributed by atoms with Crippen LogP contribution in [-0.2, 0) is 6.42 Å². The van der Waals surface area contributed by atoms with E-state index in [0.717, 1.165) is 12.8 Å². The molecule has 1 unspecified atom stereocenters. The average Bonchev–Trinajstić information content (AvgIpc) is 3.16. The average molecular weight is 400 g/mol. The first-order valence-corrected chi connectivity index (χ1v) is 9.60. The van der Waals surface area contributed by atoms with Crippen LogP contribution in [0.4, 0.5) is 4.39 Å². The fraction of sp³-hybridized carbons (Fsp3) is 0.286. The monoisotopic (exact) mass is 399 g/mol. The van der Waals surface area contributed by atoms with Gasteiger partial charge in [0.25, 0.3) is 5.91 Å². The van der Waals surface area contributed by atoms with Crippen molar-refractivity contribution in [3.63, 3.8) is 0 Å². The van der Waals surface area contributed by atoms with Gasteiger partial charge in [-0.05, 0) is 49.1 Å². The van der Waals surface area contributed by atoms with Crippen LogP contribution in [-0.4, -0.2) is 34.0 Å². The van der Waals surface area contributed by atoms with Gasteiger partial charge in [0.1, 0.15) is 5.82 Å². The van der Waals surface area contributed by atoms with Crippen LogP contribution in [0, 0.1) is 11.7 Å². The van der Waals surface area contributed by atoms with E-state index in [4.69, 9.17) is 16.1 Å². The minimum Gasteiger partial charge on any atom is -0.339 e. The summed E-state index contributed by atoms with van der Waals surface area (Å²) in [6.07, 6.45) is 2.43. The van der Waals surface area contributed by atoms with Gasteiger partial charge >= 0.3 is 0 Å². The number of likely N-dealkylation sites (tertiary alicyclic amines) is 1. The van der Waals surface area contributed by atoms with Crippen LogP contribution in [0.15, 0.2) is 53.1 Å². The van der Waals surface area contributed by atoms with Crippen LogP contribution >= 0.6 is 11.6 Å². The summed E-state index contributed by atoms with van der Waals surface area (Å²) in [5.41, 5.74) is 0.909. The zero-order chi connectivity index (χ0) is 19.5. The van der Waals surface area contributed by atoms with Crippen molar-refractivity contribution in [1.29, 1.82) is 0 Å². The first-order chi connectivity index (χ1) is 13.6. The smallest absolute Gasteiger partial charge is 0.253 e. The SMILES string of the molecule is O=C(c1cccc(Cl)c1)N1CCCC(Cc2nc(-c3ccccc3F)no2)C1. The lowest BCUT2D eigenvalue weighted by atomic mass is 9.94. The molecule has 7 heteroatoms. The van der Waals surface area contributed by atoms with Gasteiger partial charge in [0, 0.05) is 30.1 Å². The van der Waals surface area contributed by atoms with Crippen molar-refractivity contribution in [2.24, 2.45) is 5.92 Å². The molecule has 0 aliphatic carbocycles. The van der Waals surface area contributed by atoms with Gasteiger partial charge in [0.15, 0.2) is 0 Å². The lowest BCUT2D eigenvalue weighted by Crippen LogP contribution is -2.40. The maximum atomic E-state index is 13.9. The highest BCUT2D eigenvalue weighted by atomic mass is 35.5. The van der Waals surface area contributed by atoms with Crippen molar-refractivity contribution in [3.8, 4) is 11.4 Å². The number of aromatic nitrogens is 2. The Balaban J connectivity index is 1.43. The highest BCUT2D eigenvalue weighted by Crippen LogP contribution is 2.24. The molecule has 1 aromatic heterocycles. The van der Waals surface area contributed by atoms with Gasteiger partial charge in [0.2, 0.25) is 11.7 Å². The molecule has 3 aromatic rings. The molecule has 1 fully saturated rings. The molecule has 0 spiro atoms. The van der Waals surface area contributed by atoms with Crippen LogP contribution < -0.4 is 0 Å². The predicted molar refractivity (Wildman–Crippen MR) is 103 cm³/mol. The van der Waals surface area contributed by atoms with Gasteiger partial charge in [-0.15, -0.1) is 0 Å². The largest absolute Gasteiger partial charge is 0.339 e. The van der Waals surface area contributed by atoms with E-state index in [2.05, 4.69) is 10.1 Å². The van der Waals surface area contributed by atoms with E-state index >= 15 is 0 Å². The molecule has 1 aliphatic heterocycles. The zero-order valence-electron chi connectivity index (χ0n) is 15.1. The van der Waals surface area contributed by atoms with Gasteiger partial charge in [0.05, 0.1) is 5.56 Å². The van der Waals surface area contributed by atoms with E-state index in [-0.39, 0.29) is 23.5 Å². The van der Waals surface area contributed by atoms with Gasteiger partial charge in [-0.1, -0.05) is 35.0 Å². The number of rotatable bonds is 4. The van der Waals surface area contributed by atoms with Gasteiger partial charge in [-0.25, -0.2) is 4.39 Å². The molecule has 2 heterocycles. The quantitative estimate of drug-likeness (QED) is 0.642. The summed E-state index contributed by atoms with van der Waals surface area (Å²) in [6, 6.07) is 13.3. The van der Waals surface area contributed by atoms with Crippen LogP contribution in [0.2, 0.25) is 5.02 Å². The molecule has 0 bridgehead atoms. The van der Waals surface area contributed by atoms with Crippen molar-refractivity contribution >= 4 is 17.5 Å². The molecule has 28 heavy (non-hydrogen) atoms. The van der Waals surface area contributed by atoms with E-state index in [1.807, 2.05) is 4.90 Å². The normalized spacial score (nSPS) is 16.9.